The summed E-state index contributed by atoms with van der Waals surface area (Å²) in [6.45, 7) is 6.77. The lowest BCUT2D eigenvalue weighted by atomic mass is 9.64. The van der Waals surface area contributed by atoms with E-state index in [2.05, 4.69) is 19.2 Å². The summed E-state index contributed by atoms with van der Waals surface area (Å²) in [5, 5.41) is 3.35. The molecule has 0 aromatic carbocycles. The minimum absolute atomic E-state index is 0.0102. The number of imide groups is 1. The van der Waals surface area contributed by atoms with E-state index in [1.165, 1.54) is 4.90 Å². The van der Waals surface area contributed by atoms with E-state index in [1.54, 1.807) is 7.11 Å². The molecule has 0 aromatic heterocycles. The van der Waals surface area contributed by atoms with Crippen LogP contribution < -0.4 is 5.32 Å². The van der Waals surface area contributed by atoms with Crippen molar-refractivity contribution in [3.05, 3.63) is 0 Å². The van der Waals surface area contributed by atoms with Gasteiger partial charge in [0.1, 0.15) is 0 Å². The Bertz CT molecular complexity index is 381. The first-order valence-electron chi connectivity index (χ1n) is 7.04. The number of carbonyl (C=O) groups excluding carboxylic acids is 2. The van der Waals surface area contributed by atoms with Crippen molar-refractivity contribution in [3.63, 3.8) is 0 Å². The van der Waals surface area contributed by atoms with Gasteiger partial charge in [-0.25, -0.2) is 0 Å². The number of hydrogen-bond acceptors (Lipinski definition) is 4. The molecule has 5 heteroatoms. The molecule has 1 saturated heterocycles. The Morgan fingerprint density at radius 2 is 2.11 bits per heavy atom. The molecule has 2 aliphatic rings. The second-order valence-electron chi connectivity index (χ2n) is 6.14. The Morgan fingerprint density at radius 3 is 2.63 bits per heavy atom. The van der Waals surface area contributed by atoms with Crippen molar-refractivity contribution in [2.45, 2.75) is 58.2 Å². The van der Waals surface area contributed by atoms with Gasteiger partial charge in [0, 0.05) is 25.1 Å². The summed E-state index contributed by atoms with van der Waals surface area (Å²) < 4.78 is 5.40. The van der Waals surface area contributed by atoms with Gasteiger partial charge < -0.3 is 10.1 Å². The number of hydrogen-bond donors (Lipinski definition) is 1. The van der Waals surface area contributed by atoms with Crippen LogP contribution in [0.2, 0.25) is 0 Å². The monoisotopic (exact) mass is 268 g/mol. The van der Waals surface area contributed by atoms with Crippen LogP contribution in [0.1, 0.15) is 40.0 Å². The van der Waals surface area contributed by atoms with Crippen LogP contribution in [0.15, 0.2) is 0 Å². The number of rotatable bonds is 5. The fourth-order valence-corrected chi connectivity index (χ4v) is 3.08. The Morgan fingerprint density at radius 1 is 1.42 bits per heavy atom. The maximum Gasteiger partial charge on any atom is 0.246 e. The molecule has 0 spiro atoms. The number of methoxy groups -OCH3 is 1. The van der Waals surface area contributed by atoms with Gasteiger partial charge in [0.15, 0.2) is 0 Å². The van der Waals surface area contributed by atoms with E-state index < -0.39 is 0 Å². The Labute approximate surface area is 114 Å². The van der Waals surface area contributed by atoms with Gasteiger partial charge >= 0.3 is 0 Å². The van der Waals surface area contributed by atoms with Gasteiger partial charge in [0.25, 0.3) is 0 Å². The number of amides is 2. The zero-order valence-electron chi connectivity index (χ0n) is 12.2. The number of likely N-dealkylation sites (tertiary alicyclic amines) is 1. The van der Waals surface area contributed by atoms with E-state index in [9.17, 15) is 9.59 Å². The van der Waals surface area contributed by atoms with Crippen LogP contribution in [-0.4, -0.2) is 48.6 Å². The van der Waals surface area contributed by atoms with Gasteiger partial charge in [-0.15, -0.1) is 0 Å². The maximum atomic E-state index is 12.2. The van der Waals surface area contributed by atoms with E-state index in [0.29, 0.717) is 13.0 Å². The lowest BCUT2D eigenvalue weighted by molar-refractivity contribution is -0.139. The van der Waals surface area contributed by atoms with Crippen LogP contribution in [0.3, 0.4) is 0 Å². The highest BCUT2D eigenvalue weighted by atomic mass is 16.5. The fraction of sp³-hybridized carbons (Fsp3) is 0.857. The van der Waals surface area contributed by atoms with Crippen molar-refractivity contribution >= 4 is 11.8 Å². The molecule has 2 rings (SSSR count). The third-order valence-corrected chi connectivity index (χ3v) is 4.56. The van der Waals surface area contributed by atoms with E-state index >= 15 is 0 Å². The number of nitrogens with zero attached hydrogens (tertiary/aromatic N) is 1. The second kappa shape index (κ2) is 5.21. The first kappa shape index (κ1) is 14.5. The van der Waals surface area contributed by atoms with Crippen LogP contribution in [0.4, 0.5) is 0 Å². The molecular weight excluding hydrogens is 244 g/mol. The predicted molar refractivity (Wildman–Crippen MR) is 71.5 cm³/mol. The van der Waals surface area contributed by atoms with Crippen LogP contribution in [0.5, 0.6) is 0 Å². The number of nitrogens with one attached hydrogen (secondary N) is 1. The molecule has 1 heterocycles. The topological polar surface area (TPSA) is 58.6 Å². The summed E-state index contributed by atoms with van der Waals surface area (Å²) >= 11 is 0. The zero-order valence-corrected chi connectivity index (χ0v) is 12.2. The minimum atomic E-state index is -0.346. The van der Waals surface area contributed by atoms with Gasteiger partial charge in [-0.3, -0.25) is 14.5 Å². The average molecular weight is 268 g/mol. The molecule has 3 unspecified atom stereocenters. The summed E-state index contributed by atoms with van der Waals surface area (Å²) in [7, 11) is 1.72. The Kier molecular flexibility index (Phi) is 3.97. The van der Waals surface area contributed by atoms with Gasteiger partial charge in [-0.1, -0.05) is 20.8 Å². The van der Waals surface area contributed by atoms with Crippen molar-refractivity contribution in [1.29, 1.82) is 0 Å². The molecule has 108 valence electrons. The van der Waals surface area contributed by atoms with Crippen molar-refractivity contribution in [3.8, 4) is 0 Å². The van der Waals surface area contributed by atoms with Crippen LogP contribution in [0, 0.1) is 5.41 Å². The SMILES string of the molecule is CCCN1C(=O)CC(NC2CC(OC)C2(C)C)C1=O. The summed E-state index contributed by atoms with van der Waals surface area (Å²) in [5.41, 5.74) is 0.0102. The second-order valence-corrected chi connectivity index (χ2v) is 6.14. The third-order valence-electron chi connectivity index (χ3n) is 4.56. The molecule has 2 fully saturated rings. The van der Waals surface area contributed by atoms with Crippen molar-refractivity contribution in [2.24, 2.45) is 5.41 Å². The molecule has 0 bridgehead atoms. The molecule has 1 saturated carbocycles. The number of ether oxygens (including phenoxy) is 1. The highest BCUT2D eigenvalue weighted by Gasteiger charge is 2.51. The van der Waals surface area contributed by atoms with E-state index in [-0.39, 0.29) is 35.4 Å². The lowest BCUT2D eigenvalue weighted by Gasteiger charge is -2.52. The van der Waals surface area contributed by atoms with Crippen molar-refractivity contribution in [1.82, 2.24) is 10.2 Å². The molecule has 3 atom stereocenters. The van der Waals surface area contributed by atoms with E-state index in [0.717, 1.165) is 12.8 Å². The molecule has 0 aromatic rings. The van der Waals surface area contributed by atoms with Crippen LogP contribution in [-0.2, 0) is 14.3 Å². The molecule has 1 aliphatic carbocycles. The summed E-state index contributed by atoms with van der Waals surface area (Å²) in [5.74, 6) is -0.117. The number of carbonyl (C=O) groups is 2. The summed E-state index contributed by atoms with van der Waals surface area (Å²) in [6.07, 6.45) is 2.23. The maximum absolute atomic E-state index is 12.2. The highest BCUT2D eigenvalue weighted by Crippen LogP contribution is 2.42. The van der Waals surface area contributed by atoms with Crippen molar-refractivity contribution in [2.75, 3.05) is 13.7 Å². The normalized spacial score (nSPS) is 33.7. The molecule has 5 nitrogen and oxygen atoms in total. The van der Waals surface area contributed by atoms with Gasteiger partial charge in [0.2, 0.25) is 11.8 Å². The molecule has 1 N–H and O–H groups in total. The average Bonchev–Trinajstić information content (AvgIpc) is 2.62. The predicted octanol–water partition coefficient (Wildman–Crippen LogP) is 0.927. The van der Waals surface area contributed by atoms with Crippen LogP contribution >= 0.6 is 0 Å². The largest absolute Gasteiger partial charge is 0.381 e. The van der Waals surface area contributed by atoms with Crippen molar-refractivity contribution < 1.29 is 14.3 Å². The first-order chi connectivity index (χ1) is 8.91. The minimum Gasteiger partial charge on any atom is -0.381 e. The molecular formula is C14H24N2O3. The zero-order chi connectivity index (χ0) is 14.2. The Balaban J connectivity index is 1.95. The summed E-state index contributed by atoms with van der Waals surface area (Å²) in [4.78, 5) is 25.3. The highest BCUT2D eigenvalue weighted by molar-refractivity contribution is 6.05. The van der Waals surface area contributed by atoms with Crippen LogP contribution in [0.25, 0.3) is 0 Å². The van der Waals surface area contributed by atoms with E-state index in [1.807, 2.05) is 6.92 Å². The first-order valence-corrected chi connectivity index (χ1v) is 7.04. The van der Waals surface area contributed by atoms with E-state index in [4.69, 9.17) is 4.74 Å². The molecule has 2 amide bonds. The third kappa shape index (κ3) is 2.41. The molecule has 1 aliphatic heterocycles. The van der Waals surface area contributed by atoms with Gasteiger partial charge in [-0.05, 0) is 12.8 Å². The molecule has 19 heavy (non-hydrogen) atoms. The fourth-order valence-electron chi connectivity index (χ4n) is 3.08. The lowest BCUT2D eigenvalue weighted by Crippen LogP contribution is -2.63. The standard InChI is InChI=1S/C14H24N2O3/c1-5-6-16-12(17)7-9(13(16)18)15-10-8-11(19-4)14(10,2)3/h9-11,15H,5-8H2,1-4H3. The van der Waals surface area contributed by atoms with Gasteiger partial charge in [0.05, 0.1) is 18.6 Å². The van der Waals surface area contributed by atoms with Gasteiger partial charge in [-0.2, -0.15) is 0 Å². The molecule has 0 radical (unpaired) electrons. The Hall–Kier alpha value is -0.940. The smallest absolute Gasteiger partial charge is 0.246 e. The summed E-state index contributed by atoms with van der Waals surface area (Å²) in [6, 6.07) is -0.109. The quantitative estimate of drug-likeness (QED) is 0.754.